The Kier molecular flexibility index (Phi) is 7.01. The number of nitrogens with one attached hydrogen (secondary N) is 1. The molecule has 0 amide bonds. The SMILES string of the molecule is [Li+].[NH-]c1c(-c2ccc(Cl)cc2)cc(-c2ccc(Cl)cc2)cc1-c1ccc(Cl)cc1. The van der Waals surface area contributed by atoms with Gasteiger partial charge in [0.25, 0.3) is 0 Å². The van der Waals surface area contributed by atoms with E-state index in [9.17, 15) is 0 Å². The zero-order chi connectivity index (χ0) is 19.7. The summed E-state index contributed by atoms with van der Waals surface area (Å²) < 4.78 is 0. The van der Waals surface area contributed by atoms with Crippen molar-refractivity contribution in [1.29, 1.82) is 0 Å². The smallest absolute Gasteiger partial charge is 0.698 e. The van der Waals surface area contributed by atoms with E-state index in [0.717, 1.165) is 33.4 Å². The monoisotopic (exact) mass is 429 g/mol. The van der Waals surface area contributed by atoms with Gasteiger partial charge < -0.3 is 5.73 Å². The Bertz CT molecular complexity index is 1060. The second-order valence-corrected chi connectivity index (χ2v) is 7.78. The zero-order valence-corrected chi connectivity index (χ0v) is 18.0. The molecule has 0 heterocycles. The van der Waals surface area contributed by atoms with Gasteiger partial charge >= 0.3 is 18.9 Å². The van der Waals surface area contributed by atoms with Crippen molar-refractivity contribution in [3.8, 4) is 33.4 Å². The fraction of sp³-hybridized carbons (Fsp3) is 0. The van der Waals surface area contributed by atoms with Crippen molar-refractivity contribution in [2.75, 3.05) is 0 Å². The molecule has 5 heteroatoms. The first-order valence-electron chi connectivity index (χ1n) is 8.69. The van der Waals surface area contributed by atoms with Crippen LogP contribution in [0.3, 0.4) is 0 Å². The average molecular weight is 431 g/mol. The Balaban J connectivity index is 0.00000240. The fourth-order valence-electron chi connectivity index (χ4n) is 3.17. The third kappa shape index (κ3) is 4.84. The van der Waals surface area contributed by atoms with Crippen LogP contribution in [0.4, 0.5) is 5.69 Å². The van der Waals surface area contributed by atoms with Crippen LogP contribution in [0.25, 0.3) is 39.1 Å². The second-order valence-electron chi connectivity index (χ2n) is 6.47. The molecule has 4 rings (SSSR count). The van der Waals surface area contributed by atoms with E-state index in [1.165, 1.54) is 0 Å². The topological polar surface area (TPSA) is 23.8 Å². The molecule has 4 aromatic rings. The maximum atomic E-state index is 8.84. The average Bonchev–Trinajstić information content (AvgIpc) is 2.70. The molecule has 4 aromatic carbocycles. The van der Waals surface area contributed by atoms with Crippen molar-refractivity contribution in [2.24, 2.45) is 0 Å². The molecule has 138 valence electrons. The molecule has 1 nitrogen and oxygen atoms in total. The van der Waals surface area contributed by atoms with Gasteiger partial charge in [-0.25, -0.2) is 0 Å². The first-order chi connectivity index (χ1) is 13.5. The summed E-state index contributed by atoms with van der Waals surface area (Å²) in [5.41, 5.74) is 14.9. The van der Waals surface area contributed by atoms with Crippen LogP contribution in [-0.4, -0.2) is 0 Å². The van der Waals surface area contributed by atoms with Crippen molar-refractivity contribution in [1.82, 2.24) is 0 Å². The summed E-state index contributed by atoms with van der Waals surface area (Å²) in [6.07, 6.45) is 0. The third-order valence-corrected chi connectivity index (χ3v) is 5.38. The van der Waals surface area contributed by atoms with Gasteiger partial charge in [0.15, 0.2) is 0 Å². The molecule has 0 saturated carbocycles. The van der Waals surface area contributed by atoms with E-state index in [2.05, 4.69) is 0 Å². The molecule has 1 N–H and O–H groups in total. The maximum Gasteiger partial charge on any atom is 1.00 e. The van der Waals surface area contributed by atoms with E-state index < -0.39 is 0 Å². The van der Waals surface area contributed by atoms with Gasteiger partial charge in [0.1, 0.15) is 0 Å². The van der Waals surface area contributed by atoms with Gasteiger partial charge in [-0.2, -0.15) is 0 Å². The molecule has 0 aliphatic rings. The Hall–Kier alpha value is -1.85. The van der Waals surface area contributed by atoms with E-state index in [4.69, 9.17) is 40.5 Å². The van der Waals surface area contributed by atoms with E-state index in [-0.39, 0.29) is 18.9 Å². The van der Waals surface area contributed by atoms with Gasteiger partial charge in [0, 0.05) is 15.1 Å². The van der Waals surface area contributed by atoms with E-state index >= 15 is 0 Å². The minimum Gasteiger partial charge on any atom is -0.698 e. The summed E-state index contributed by atoms with van der Waals surface area (Å²) in [7, 11) is 0. The van der Waals surface area contributed by atoms with Crippen LogP contribution in [0.1, 0.15) is 0 Å². The summed E-state index contributed by atoms with van der Waals surface area (Å²) in [5.74, 6) is 0. The predicted octanol–water partition coefficient (Wildman–Crippen LogP) is 6.34. The molecule has 0 spiro atoms. The van der Waals surface area contributed by atoms with Gasteiger partial charge in [-0.15, -0.1) is 5.69 Å². The van der Waals surface area contributed by atoms with Crippen LogP contribution in [0.2, 0.25) is 15.1 Å². The van der Waals surface area contributed by atoms with Crippen LogP contribution < -0.4 is 18.9 Å². The summed E-state index contributed by atoms with van der Waals surface area (Å²) >= 11 is 18.2. The van der Waals surface area contributed by atoms with Gasteiger partial charge in [-0.05, 0) is 81.9 Å². The number of rotatable bonds is 3. The van der Waals surface area contributed by atoms with Crippen LogP contribution in [-0.2, 0) is 0 Å². The molecule has 0 aliphatic carbocycles. The molecule has 0 saturated heterocycles. The van der Waals surface area contributed by atoms with E-state index in [1.807, 2.05) is 84.9 Å². The second kappa shape index (κ2) is 9.31. The molecular formula is C24H15Cl3LiN. The van der Waals surface area contributed by atoms with Crippen LogP contribution in [0.5, 0.6) is 0 Å². The Labute approximate surface area is 197 Å². The molecular weight excluding hydrogens is 416 g/mol. The van der Waals surface area contributed by atoms with Crippen molar-refractivity contribution in [3.05, 3.63) is 106 Å². The van der Waals surface area contributed by atoms with Crippen molar-refractivity contribution in [2.45, 2.75) is 0 Å². The Morgan fingerprint density at radius 2 is 0.759 bits per heavy atom. The summed E-state index contributed by atoms with van der Waals surface area (Å²) in [6.45, 7) is 0. The first kappa shape index (κ1) is 21.8. The molecule has 0 aliphatic heterocycles. The summed E-state index contributed by atoms with van der Waals surface area (Å²) in [4.78, 5) is 0. The number of halogens is 3. The largest absolute Gasteiger partial charge is 1.00 e. The number of benzene rings is 4. The summed E-state index contributed by atoms with van der Waals surface area (Å²) in [5, 5.41) is 2.03. The van der Waals surface area contributed by atoms with Crippen molar-refractivity contribution in [3.63, 3.8) is 0 Å². The van der Waals surface area contributed by atoms with E-state index in [0.29, 0.717) is 20.8 Å². The summed E-state index contributed by atoms with van der Waals surface area (Å²) in [6, 6.07) is 26.9. The fourth-order valence-corrected chi connectivity index (χ4v) is 3.54. The normalized spacial score (nSPS) is 10.4. The molecule has 0 radical (unpaired) electrons. The predicted molar refractivity (Wildman–Crippen MR) is 122 cm³/mol. The Morgan fingerprint density at radius 3 is 1.10 bits per heavy atom. The first-order valence-corrected chi connectivity index (χ1v) is 9.82. The standard InChI is InChI=1S/C24H15Cl3N.Li/c25-19-7-1-15(2-8-19)18-13-22(16-3-9-20(26)10-4-16)24(28)23(14-18)17-5-11-21(27)12-6-17;/h1-14,28H;/q-1;+1. The number of hydrogen-bond donors (Lipinski definition) is 0. The molecule has 0 unspecified atom stereocenters. The quantitative estimate of drug-likeness (QED) is 0.339. The van der Waals surface area contributed by atoms with Gasteiger partial charge in [0.2, 0.25) is 0 Å². The van der Waals surface area contributed by atoms with Gasteiger partial charge in [-0.1, -0.05) is 71.2 Å². The minimum atomic E-state index is 0. The van der Waals surface area contributed by atoms with Crippen molar-refractivity contribution >= 4 is 40.5 Å². The van der Waals surface area contributed by atoms with Crippen LogP contribution in [0, 0.1) is 0 Å². The van der Waals surface area contributed by atoms with E-state index in [1.54, 1.807) is 0 Å². The third-order valence-electron chi connectivity index (χ3n) is 4.63. The van der Waals surface area contributed by atoms with Crippen LogP contribution in [0.15, 0.2) is 84.9 Å². The van der Waals surface area contributed by atoms with Gasteiger partial charge in [-0.3, -0.25) is 0 Å². The maximum absolute atomic E-state index is 8.84. The van der Waals surface area contributed by atoms with Crippen LogP contribution >= 0.6 is 34.8 Å². The minimum absolute atomic E-state index is 0. The zero-order valence-electron chi connectivity index (χ0n) is 15.7. The van der Waals surface area contributed by atoms with Crippen molar-refractivity contribution < 1.29 is 18.9 Å². The molecule has 0 fully saturated rings. The molecule has 0 bridgehead atoms. The molecule has 0 aromatic heterocycles. The number of hydrogen-bond acceptors (Lipinski definition) is 0. The Morgan fingerprint density at radius 1 is 0.448 bits per heavy atom. The van der Waals surface area contributed by atoms with Gasteiger partial charge in [0.05, 0.1) is 0 Å². The molecule has 29 heavy (non-hydrogen) atoms. The molecule has 0 atom stereocenters.